The Morgan fingerprint density at radius 3 is 1.63 bits per heavy atom. The van der Waals surface area contributed by atoms with Gasteiger partial charge >= 0.3 is 11.4 Å². The molecule has 0 spiro atoms. The first kappa shape index (κ1) is 29.1. The van der Waals surface area contributed by atoms with Crippen molar-refractivity contribution in [3.63, 3.8) is 0 Å². The average molecular weight is 594 g/mol. The third-order valence-corrected chi connectivity index (χ3v) is 5.69. The Bertz CT molecular complexity index is 1790. The quantitative estimate of drug-likeness (QED) is 0.219. The lowest BCUT2D eigenvalue weighted by molar-refractivity contribution is -0.393. The maximum atomic E-state index is 11.5. The van der Waals surface area contributed by atoms with E-state index < -0.39 is 65.1 Å². The van der Waals surface area contributed by atoms with Gasteiger partial charge in [-0.3, -0.25) is 66.8 Å². The summed E-state index contributed by atoms with van der Waals surface area (Å²) in [5.41, 5.74) is 0.441. The van der Waals surface area contributed by atoms with Crippen LogP contribution in [-0.4, -0.2) is 41.9 Å². The smallest absolute Gasteiger partial charge is 0.301 e. The number of benzene rings is 3. The van der Waals surface area contributed by atoms with Gasteiger partial charge in [0, 0.05) is 29.8 Å². The third-order valence-electron chi connectivity index (χ3n) is 5.69. The minimum atomic E-state index is -1.36. The van der Waals surface area contributed by atoms with E-state index in [1.807, 2.05) is 0 Å². The van der Waals surface area contributed by atoms with Crippen LogP contribution in [0.3, 0.4) is 0 Å². The Balaban J connectivity index is 1.80. The summed E-state index contributed by atoms with van der Waals surface area (Å²) in [5.74, 6) is -0.674. The number of rotatable bonds is 10. The molecular weight excluding hydrogens is 580 g/mol. The van der Waals surface area contributed by atoms with E-state index in [1.54, 1.807) is 0 Å². The first-order valence-corrected chi connectivity index (χ1v) is 11.4. The highest BCUT2D eigenvalue weighted by Crippen LogP contribution is 2.33. The molecule has 3 aromatic carbocycles. The van der Waals surface area contributed by atoms with Gasteiger partial charge in [0.05, 0.1) is 36.7 Å². The fourth-order valence-corrected chi connectivity index (χ4v) is 3.71. The fourth-order valence-electron chi connectivity index (χ4n) is 3.71. The number of ether oxygens (including phenoxy) is 1. The van der Waals surface area contributed by atoms with E-state index in [-0.39, 0.29) is 28.3 Å². The van der Waals surface area contributed by atoms with E-state index in [0.717, 1.165) is 30.3 Å². The van der Waals surface area contributed by atoms with Crippen LogP contribution in [0.4, 0.5) is 39.8 Å². The number of nitro benzene ring substituents is 5. The zero-order valence-electron chi connectivity index (χ0n) is 21.0. The van der Waals surface area contributed by atoms with Crippen LogP contribution in [0.15, 0.2) is 70.9 Å². The standard InChI is InChI=1S/C22H14N10O11/c23-22-20(27-25-16-7-5-14(30(37)38)10-18(16)32(41)42)19(21(43-22)11-2-1-3-12(8-11)28(33)34)26-24-15-6-4-13(29(35)36)9-17(15)31(39)40/h1-10,21,23-25H/b23-22?,26-19+,27-20-. The fraction of sp³-hybridized carbons (Fsp3) is 0.0455. The maximum absolute atomic E-state index is 11.5. The first-order chi connectivity index (χ1) is 20.4. The predicted octanol–water partition coefficient (Wildman–Crippen LogP) is 4.21. The topological polar surface area (TPSA) is 298 Å². The summed E-state index contributed by atoms with van der Waals surface area (Å²) in [6.07, 6.45) is -1.36. The molecular formula is C22H14N10O11. The third kappa shape index (κ3) is 6.13. The van der Waals surface area contributed by atoms with Crippen LogP contribution in [-0.2, 0) is 4.74 Å². The lowest BCUT2D eigenvalue weighted by Gasteiger charge is -2.11. The van der Waals surface area contributed by atoms with Gasteiger partial charge in [0.2, 0.25) is 5.90 Å². The number of hydrogen-bond acceptors (Lipinski definition) is 16. The number of nitrogens with one attached hydrogen (secondary N) is 3. The van der Waals surface area contributed by atoms with Crippen molar-refractivity contribution in [2.24, 2.45) is 10.2 Å². The second-order valence-electron chi connectivity index (χ2n) is 8.29. The second kappa shape index (κ2) is 11.7. The molecule has 1 aliphatic heterocycles. The molecule has 0 amide bonds. The summed E-state index contributed by atoms with van der Waals surface area (Å²) < 4.78 is 5.51. The zero-order valence-corrected chi connectivity index (χ0v) is 21.0. The van der Waals surface area contributed by atoms with Gasteiger partial charge in [-0.05, 0) is 12.1 Å². The number of hydrogen-bond donors (Lipinski definition) is 3. The molecule has 0 radical (unpaired) electrons. The van der Waals surface area contributed by atoms with Gasteiger partial charge in [-0.2, -0.15) is 10.2 Å². The monoisotopic (exact) mass is 594 g/mol. The lowest BCUT2D eigenvalue weighted by atomic mass is 10.0. The van der Waals surface area contributed by atoms with Crippen molar-refractivity contribution in [1.29, 1.82) is 5.41 Å². The molecule has 0 saturated carbocycles. The van der Waals surface area contributed by atoms with Crippen molar-refractivity contribution in [2.75, 3.05) is 10.9 Å². The molecule has 1 atom stereocenters. The Labute approximate surface area is 236 Å². The number of nitro groups is 5. The maximum Gasteiger partial charge on any atom is 0.301 e. The molecule has 0 bridgehead atoms. The van der Waals surface area contributed by atoms with Crippen molar-refractivity contribution < 1.29 is 29.4 Å². The highest BCUT2D eigenvalue weighted by molar-refractivity contribution is 6.69. The Hall–Kier alpha value is -6.93. The highest BCUT2D eigenvalue weighted by Gasteiger charge is 2.38. The molecule has 21 heteroatoms. The van der Waals surface area contributed by atoms with Crippen LogP contribution in [0, 0.1) is 56.0 Å². The lowest BCUT2D eigenvalue weighted by Crippen LogP contribution is -2.20. The molecule has 1 fully saturated rings. The summed E-state index contributed by atoms with van der Waals surface area (Å²) in [7, 11) is 0. The Kier molecular flexibility index (Phi) is 7.89. The minimum Gasteiger partial charge on any atom is -0.461 e. The van der Waals surface area contributed by atoms with Crippen molar-refractivity contribution in [2.45, 2.75) is 6.10 Å². The number of hydrazone groups is 2. The normalized spacial score (nSPS) is 16.0. The van der Waals surface area contributed by atoms with Gasteiger partial charge in [-0.1, -0.05) is 12.1 Å². The van der Waals surface area contributed by atoms with Crippen LogP contribution in [0.5, 0.6) is 0 Å². The van der Waals surface area contributed by atoms with E-state index in [0.29, 0.717) is 12.1 Å². The van der Waals surface area contributed by atoms with Gasteiger partial charge in [0.15, 0.2) is 11.8 Å². The first-order valence-electron chi connectivity index (χ1n) is 11.4. The minimum absolute atomic E-state index is 0.101. The van der Waals surface area contributed by atoms with Crippen molar-refractivity contribution in [3.8, 4) is 0 Å². The molecule has 1 unspecified atom stereocenters. The number of nitrogens with zero attached hydrogens (tertiary/aromatic N) is 7. The molecule has 0 aromatic heterocycles. The molecule has 43 heavy (non-hydrogen) atoms. The SMILES string of the molecule is N=C1OC(c2cccc([N+](=O)[O-])c2)C(=N/Nc2ccc([N+](=O)[O-])cc2[N+](=O)[O-])/C1=N/Nc1ccc([N+](=O)[O-])cc1[N+](=O)[O-]. The predicted molar refractivity (Wildman–Crippen MR) is 146 cm³/mol. The largest absolute Gasteiger partial charge is 0.461 e. The molecule has 1 saturated heterocycles. The number of non-ortho nitro benzene ring substituents is 3. The van der Waals surface area contributed by atoms with E-state index >= 15 is 0 Å². The van der Waals surface area contributed by atoms with Crippen LogP contribution in [0.1, 0.15) is 11.7 Å². The summed E-state index contributed by atoms with van der Waals surface area (Å²) in [5, 5.41) is 72.7. The molecule has 1 heterocycles. The van der Waals surface area contributed by atoms with Gasteiger partial charge < -0.3 is 4.74 Å². The molecule has 4 rings (SSSR count). The van der Waals surface area contributed by atoms with Crippen LogP contribution in [0.2, 0.25) is 0 Å². The summed E-state index contributed by atoms with van der Waals surface area (Å²) in [4.78, 5) is 52.3. The van der Waals surface area contributed by atoms with Crippen LogP contribution in [0.25, 0.3) is 0 Å². The zero-order chi connectivity index (χ0) is 31.4. The Morgan fingerprint density at radius 2 is 1.14 bits per heavy atom. The van der Waals surface area contributed by atoms with Gasteiger partial charge in [0.1, 0.15) is 17.1 Å². The summed E-state index contributed by atoms with van der Waals surface area (Å²) in [6.45, 7) is 0. The number of anilines is 2. The van der Waals surface area contributed by atoms with Crippen molar-refractivity contribution >= 4 is 57.1 Å². The molecule has 21 nitrogen and oxygen atoms in total. The van der Waals surface area contributed by atoms with E-state index in [4.69, 9.17) is 10.1 Å². The van der Waals surface area contributed by atoms with Gasteiger partial charge in [-0.15, -0.1) is 0 Å². The van der Waals surface area contributed by atoms with Crippen molar-refractivity contribution in [3.05, 3.63) is 117 Å². The van der Waals surface area contributed by atoms with E-state index in [1.165, 1.54) is 18.2 Å². The van der Waals surface area contributed by atoms with Gasteiger partial charge in [-0.25, -0.2) is 0 Å². The summed E-state index contributed by atoms with van der Waals surface area (Å²) in [6, 6.07) is 10.3. The van der Waals surface area contributed by atoms with E-state index in [9.17, 15) is 50.6 Å². The molecule has 1 aliphatic rings. The summed E-state index contributed by atoms with van der Waals surface area (Å²) >= 11 is 0. The van der Waals surface area contributed by atoms with Gasteiger partial charge in [0.25, 0.3) is 17.1 Å². The van der Waals surface area contributed by atoms with E-state index in [2.05, 4.69) is 21.1 Å². The molecule has 0 aliphatic carbocycles. The second-order valence-corrected chi connectivity index (χ2v) is 8.29. The Morgan fingerprint density at radius 1 is 0.651 bits per heavy atom. The average Bonchev–Trinajstić information content (AvgIpc) is 3.29. The van der Waals surface area contributed by atoms with Crippen molar-refractivity contribution in [1.82, 2.24) is 0 Å². The van der Waals surface area contributed by atoms with Crippen LogP contribution >= 0.6 is 0 Å². The highest BCUT2D eigenvalue weighted by atomic mass is 16.6. The molecule has 3 aromatic rings. The molecule has 218 valence electrons. The van der Waals surface area contributed by atoms with Crippen LogP contribution < -0.4 is 10.9 Å². The molecule has 3 N–H and O–H groups in total.